The summed E-state index contributed by atoms with van der Waals surface area (Å²) in [5.41, 5.74) is 1.79. The molecule has 1 aromatic carbocycles. The fourth-order valence-electron chi connectivity index (χ4n) is 3.69. The van der Waals surface area contributed by atoms with Gasteiger partial charge in [0.25, 0.3) is 0 Å². The van der Waals surface area contributed by atoms with Crippen LogP contribution >= 0.6 is 7.60 Å². The Hall–Kier alpha value is -1.13. The molecule has 1 aromatic rings. The molecule has 0 saturated carbocycles. The Balaban J connectivity index is 2.24. The van der Waals surface area contributed by atoms with Crippen molar-refractivity contribution in [3.05, 3.63) is 35.7 Å². The SMILES string of the molecule is COP(=O)(OC)C1=C(O)[N+]2(CCCCCC2)c2ccccc21. The maximum Gasteiger partial charge on any atom is 0.371 e. The van der Waals surface area contributed by atoms with Crippen LogP contribution in [0.15, 0.2) is 30.1 Å². The van der Waals surface area contributed by atoms with E-state index in [1.54, 1.807) is 0 Å². The van der Waals surface area contributed by atoms with Crippen LogP contribution in [0.25, 0.3) is 5.31 Å². The van der Waals surface area contributed by atoms with Gasteiger partial charge in [-0.05, 0) is 31.7 Å². The molecule has 1 spiro atoms. The molecule has 120 valence electrons. The normalized spacial score (nSPS) is 21.0. The van der Waals surface area contributed by atoms with Crippen LogP contribution in [0.5, 0.6) is 0 Å². The molecule has 0 unspecified atom stereocenters. The van der Waals surface area contributed by atoms with Crippen molar-refractivity contribution < 1.29 is 18.7 Å². The van der Waals surface area contributed by atoms with Gasteiger partial charge in [0, 0.05) is 20.3 Å². The quantitative estimate of drug-likeness (QED) is 0.667. The third-order valence-corrected chi connectivity index (χ3v) is 6.77. The standard InChI is InChI=1S/C16H22NO4P/c1-20-22(19,21-2)15-13-9-5-6-10-14(13)17(16(15)18)11-7-3-4-8-12-17/h5-6,9-10H,3-4,7-8,11-12H2,1-2H3/p+1. The number of nitrogens with zero attached hydrogens (tertiary/aromatic N) is 1. The van der Waals surface area contributed by atoms with E-state index in [1.165, 1.54) is 14.2 Å². The van der Waals surface area contributed by atoms with Gasteiger partial charge < -0.3 is 14.2 Å². The van der Waals surface area contributed by atoms with Crippen molar-refractivity contribution in [3.8, 4) is 0 Å². The van der Waals surface area contributed by atoms with Gasteiger partial charge in [0.2, 0.25) is 0 Å². The summed E-state index contributed by atoms with van der Waals surface area (Å²) in [6.45, 7) is 1.64. The Labute approximate surface area is 131 Å². The van der Waals surface area contributed by atoms with E-state index in [0.717, 1.165) is 50.0 Å². The summed E-state index contributed by atoms with van der Waals surface area (Å²) in [5.74, 6) is 0.134. The fourth-order valence-corrected chi connectivity index (χ4v) is 5.13. The number of hydrogen-bond donors (Lipinski definition) is 1. The molecule has 2 heterocycles. The Morgan fingerprint density at radius 3 is 2.23 bits per heavy atom. The van der Waals surface area contributed by atoms with E-state index in [2.05, 4.69) is 0 Å². The highest BCUT2D eigenvalue weighted by Gasteiger charge is 2.52. The van der Waals surface area contributed by atoms with E-state index in [9.17, 15) is 9.67 Å². The molecule has 0 aliphatic carbocycles. The van der Waals surface area contributed by atoms with Crippen LogP contribution in [0.4, 0.5) is 5.69 Å². The predicted molar refractivity (Wildman–Crippen MR) is 87.6 cm³/mol. The number of quaternary nitrogens is 1. The van der Waals surface area contributed by atoms with Gasteiger partial charge in [0.15, 0.2) is 5.31 Å². The maximum absolute atomic E-state index is 13.0. The van der Waals surface area contributed by atoms with Gasteiger partial charge >= 0.3 is 13.5 Å². The zero-order chi connectivity index (χ0) is 15.8. The minimum absolute atomic E-state index is 0.134. The smallest absolute Gasteiger partial charge is 0.371 e. The van der Waals surface area contributed by atoms with E-state index in [0.29, 0.717) is 9.80 Å². The summed E-state index contributed by atoms with van der Waals surface area (Å²) < 4.78 is 23.7. The minimum atomic E-state index is -3.51. The third kappa shape index (κ3) is 2.16. The minimum Gasteiger partial charge on any atom is -0.466 e. The summed E-state index contributed by atoms with van der Waals surface area (Å²) in [4.78, 5) is 0. The molecule has 0 amide bonds. The van der Waals surface area contributed by atoms with Gasteiger partial charge in [0.05, 0.1) is 18.7 Å². The first-order chi connectivity index (χ1) is 10.6. The number of aliphatic hydroxyl groups is 1. The second-order valence-electron chi connectivity index (χ2n) is 5.88. The van der Waals surface area contributed by atoms with Gasteiger partial charge in [-0.25, -0.2) is 4.48 Å². The molecule has 3 rings (SSSR count). The van der Waals surface area contributed by atoms with Gasteiger partial charge in [-0.1, -0.05) is 12.1 Å². The highest BCUT2D eigenvalue weighted by molar-refractivity contribution is 7.65. The van der Waals surface area contributed by atoms with E-state index in [-0.39, 0.29) is 5.88 Å². The number of hydrogen-bond acceptors (Lipinski definition) is 4. The van der Waals surface area contributed by atoms with Gasteiger partial charge in [-0.3, -0.25) is 4.57 Å². The lowest BCUT2D eigenvalue weighted by atomic mass is 10.1. The highest BCUT2D eigenvalue weighted by atomic mass is 31.2. The summed E-state index contributed by atoms with van der Waals surface area (Å²) in [6, 6.07) is 7.76. The molecule has 0 radical (unpaired) electrons. The average Bonchev–Trinajstić information content (AvgIpc) is 2.72. The van der Waals surface area contributed by atoms with Gasteiger partial charge in [-0.15, -0.1) is 0 Å². The predicted octanol–water partition coefficient (Wildman–Crippen LogP) is 4.25. The van der Waals surface area contributed by atoms with Crippen LogP contribution in [0.3, 0.4) is 0 Å². The van der Waals surface area contributed by atoms with Gasteiger partial charge in [0.1, 0.15) is 5.69 Å². The number of rotatable bonds is 3. The van der Waals surface area contributed by atoms with Crippen LogP contribution in [0, 0.1) is 0 Å². The van der Waals surface area contributed by atoms with Crippen LogP contribution in [0.2, 0.25) is 0 Å². The molecule has 1 N–H and O–H groups in total. The summed E-state index contributed by atoms with van der Waals surface area (Å²) in [7, 11) is -0.791. The number of para-hydroxylation sites is 1. The van der Waals surface area contributed by atoms with Crippen molar-refractivity contribution >= 4 is 18.6 Å². The van der Waals surface area contributed by atoms with E-state index in [1.807, 2.05) is 24.3 Å². The van der Waals surface area contributed by atoms with E-state index >= 15 is 0 Å². The Morgan fingerprint density at radius 1 is 1.05 bits per heavy atom. The molecule has 1 fully saturated rings. The topological polar surface area (TPSA) is 55.8 Å². The molecule has 0 aromatic heterocycles. The van der Waals surface area contributed by atoms with Crippen molar-refractivity contribution in [1.82, 2.24) is 4.48 Å². The monoisotopic (exact) mass is 324 g/mol. The van der Waals surface area contributed by atoms with Crippen molar-refractivity contribution in [2.24, 2.45) is 0 Å². The number of benzene rings is 1. The largest absolute Gasteiger partial charge is 0.466 e. The third-order valence-electron chi connectivity index (χ3n) is 4.82. The molecular formula is C16H23NO4P+. The van der Waals surface area contributed by atoms with Crippen LogP contribution in [-0.4, -0.2) is 32.4 Å². The molecular weight excluding hydrogens is 301 g/mol. The average molecular weight is 324 g/mol. The second kappa shape index (κ2) is 5.82. The Kier molecular flexibility index (Phi) is 4.17. The molecule has 2 aliphatic heterocycles. The molecule has 22 heavy (non-hydrogen) atoms. The molecule has 1 saturated heterocycles. The van der Waals surface area contributed by atoms with Crippen molar-refractivity contribution in [2.45, 2.75) is 25.7 Å². The van der Waals surface area contributed by atoms with E-state index in [4.69, 9.17) is 9.05 Å². The highest BCUT2D eigenvalue weighted by Crippen LogP contribution is 2.65. The van der Waals surface area contributed by atoms with Crippen molar-refractivity contribution in [3.63, 3.8) is 0 Å². The zero-order valence-electron chi connectivity index (χ0n) is 13.1. The molecule has 0 atom stereocenters. The molecule has 2 aliphatic rings. The summed E-state index contributed by atoms with van der Waals surface area (Å²) in [5, 5.41) is 11.4. The van der Waals surface area contributed by atoms with Crippen molar-refractivity contribution in [1.29, 1.82) is 0 Å². The maximum atomic E-state index is 13.0. The second-order valence-corrected chi connectivity index (χ2v) is 8.05. The lowest BCUT2D eigenvalue weighted by molar-refractivity contribution is 0.214. The first-order valence-corrected chi connectivity index (χ1v) is 9.26. The summed E-state index contributed by atoms with van der Waals surface area (Å²) in [6.07, 6.45) is 4.40. The Bertz CT molecular complexity index is 639. The summed E-state index contributed by atoms with van der Waals surface area (Å²) >= 11 is 0. The lowest BCUT2D eigenvalue weighted by Crippen LogP contribution is -2.47. The Morgan fingerprint density at radius 2 is 1.64 bits per heavy atom. The van der Waals surface area contributed by atoms with Gasteiger partial charge in [-0.2, -0.15) is 0 Å². The van der Waals surface area contributed by atoms with E-state index < -0.39 is 7.60 Å². The van der Waals surface area contributed by atoms with Crippen LogP contribution in [-0.2, 0) is 13.6 Å². The first kappa shape index (κ1) is 15.8. The number of fused-ring (bicyclic) bond motifs is 2. The first-order valence-electron chi connectivity index (χ1n) is 7.72. The van der Waals surface area contributed by atoms with Crippen LogP contribution < -0.4 is 4.48 Å². The number of aliphatic hydroxyl groups excluding tert-OH is 1. The fraction of sp³-hybridized carbons (Fsp3) is 0.500. The molecule has 5 nitrogen and oxygen atoms in total. The molecule has 0 bridgehead atoms. The molecule has 6 heteroatoms. The van der Waals surface area contributed by atoms with Crippen molar-refractivity contribution in [2.75, 3.05) is 27.3 Å². The van der Waals surface area contributed by atoms with Crippen LogP contribution in [0.1, 0.15) is 31.2 Å². The zero-order valence-corrected chi connectivity index (χ0v) is 14.0. The lowest BCUT2D eigenvalue weighted by Gasteiger charge is -2.32.